The lowest BCUT2D eigenvalue weighted by Gasteiger charge is -2.18. The molecule has 0 N–H and O–H groups in total. The second-order valence-corrected chi connectivity index (χ2v) is 5.16. The molecule has 18 heavy (non-hydrogen) atoms. The minimum Gasteiger partial charge on any atom is -0.466 e. The Morgan fingerprint density at radius 3 is 2.72 bits per heavy atom. The number of ether oxygens (including phenoxy) is 1. The number of aromatic nitrogens is 1. The average Bonchev–Trinajstić information content (AvgIpc) is 2.74. The number of likely N-dealkylation sites (N-methyl/N-ethyl adjacent to an activating group) is 2. The average molecular weight is 271 g/mol. The molecule has 0 fully saturated rings. The van der Waals surface area contributed by atoms with Gasteiger partial charge in [-0.15, -0.1) is 11.3 Å². The van der Waals surface area contributed by atoms with Gasteiger partial charge in [0.05, 0.1) is 18.7 Å². The molecule has 0 unspecified atom stereocenters. The summed E-state index contributed by atoms with van der Waals surface area (Å²) in [5, 5.41) is 2.86. The number of carbonyl (C=O) groups is 1. The maximum atomic E-state index is 11.3. The molecule has 0 saturated carbocycles. The van der Waals surface area contributed by atoms with Gasteiger partial charge >= 0.3 is 5.97 Å². The van der Waals surface area contributed by atoms with E-state index in [2.05, 4.69) is 14.8 Å². The summed E-state index contributed by atoms with van der Waals surface area (Å²) in [7, 11) is 6.10. The molecule has 0 spiro atoms. The minimum atomic E-state index is -0.217. The molecule has 102 valence electrons. The summed E-state index contributed by atoms with van der Waals surface area (Å²) in [4.78, 5) is 20.0. The molecule has 0 amide bonds. The van der Waals surface area contributed by atoms with Crippen LogP contribution in [0.15, 0.2) is 5.38 Å². The number of hydrogen-bond acceptors (Lipinski definition) is 6. The predicted molar refractivity (Wildman–Crippen MR) is 74.3 cm³/mol. The molecule has 0 saturated heterocycles. The molecule has 1 aromatic rings. The van der Waals surface area contributed by atoms with Crippen molar-refractivity contribution in [2.75, 3.05) is 45.7 Å². The van der Waals surface area contributed by atoms with Gasteiger partial charge in [0.25, 0.3) is 0 Å². The molecule has 5 nitrogen and oxygen atoms in total. The van der Waals surface area contributed by atoms with Crippen molar-refractivity contribution in [3.63, 3.8) is 0 Å². The molecular formula is C12H21N3O2S. The van der Waals surface area contributed by atoms with Gasteiger partial charge in [-0.25, -0.2) is 4.98 Å². The Kier molecular flexibility index (Phi) is 6.07. The van der Waals surface area contributed by atoms with Crippen molar-refractivity contribution in [3.05, 3.63) is 11.1 Å². The lowest BCUT2D eigenvalue weighted by Crippen LogP contribution is -2.28. The van der Waals surface area contributed by atoms with E-state index in [0.29, 0.717) is 6.61 Å². The van der Waals surface area contributed by atoms with Crippen LogP contribution in [-0.2, 0) is 16.0 Å². The first-order valence-electron chi connectivity index (χ1n) is 5.98. The third kappa shape index (κ3) is 5.01. The van der Waals surface area contributed by atoms with Crippen LogP contribution >= 0.6 is 11.3 Å². The van der Waals surface area contributed by atoms with Crippen LogP contribution in [0.4, 0.5) is 5.13 Å². The van der Waals surface area contributed by atoms with E-state index in [1.54, 1.807) is 18.3 Å². The molecule has 1 heterocycles. The molecule has 0 bridgehead atoms. The van der Waals surface area contributed by atoms with Crippen LogP contribution in [0.25, 0.3) is 0 Å². The van der Waals surface area contributed by atoms with Gasteiger partial charge in [-0.05, 0) is 21.0 Å². The monoisotopic (exact) mass is 271 g/mol. The smallest absolute Gasteiger partial charge is 0.311 e. The predicted octanol–water partition coefficient (Wildman–Crippen LogP) is 1.25. The highest BCUT2D eigenvalue weighted by Crippen LogP contribution is 2.19. The summed E-state index contributed by atoms with van der Waals surface area (Å²) in [5.74, 6) is -0.217. The second kappa shape index (κ2) is 7.33. The maximum Gasteiger partial charge on any atom is 0.311 e. The first-order valence-corrected chi connectivity index (χ1v) is 6.86. The molecule has 1 aromatic heterocycles. The highest BCUT2D eigenvalue weighted by atomic mass is 32.1. The van der Waals surface area contributed by atoms with Crippen molar-refractivity contribution in [2.24, 2.45) is 0 Å². The van der Waals surface area contributed by atoms with E-state index in [9.17, 15) is 4.79 Å². The highest BCUT2D eigenvalue weighted by Gasteiger charge is 2.10. The number of nitrogens with zero attached hydrogens (tertiary/aromatic N) is 3. The van der Waals surface area contributed by atoms with E-state index in [1.807, 2.05) is 26.5 Å². The van der Waals surface area contributed by atoms with Crippen LogP contribution in [0.5, 0.6) is 0 Å². The van der Waals surface area contributed by atoms with E-state index in [4.69, 9.17) is 4.74 Å². The van der Waals surface area contributed by atoms with Crippen LogP contribution in [-0.4, -0.2) is 56.7 Å². The van der Waals surface area contributed by atoms with E-state index < -0.39 is 0 Å². The number of carbonyl (C=O) groups excluding carboxylic acids is 1. The molecule has 6 heteroatoms. The van der Waals surface area contributed by atoms with E-state index in [-0.39, 0.29) is 12.4 Å². The summed E-state index contributed by atoms with van der Waals surface area (Å²) >= 11 is 1.56. The maximum absolute atomic E-state index is 11.3. The van der Waals surface area contributed by atoms with Crippen LogP contribution in [0.2, 0.25) is 0 Å². The Bertz CT molecular complexity index is 379. The molecule has 0 atom stereocenters. The van der Waals surface area contributed by atoms with Crippen molar-refractivity contribution in [2.45, 2.75) is 13.3 Å². The fourth-order valence-electron chi connectivity index (χ4n) is 1.36. The Morgan fingerprint density at radius 2 is 2.11 bits per heavy atom. The Morgan fingerprint density at radius 1 is 1.39 bits per heavy atom. The number of hydrogen-bond donors (Lipinski definition) is 0. The summed E-state index contributed by atoms with van der Waals surface area (Å²) in [5.41, 5.74) is 0.783. The highest BCUT2D eigenvalue weighted by molar-refractivity contribution is 7.13. The van der Waals surface area contributed by atoms with Crippen LogP contribution in [0.3, 0.4) is 0 Å². The van der Waals surface area contributed by atoms with Crippen molar-refractivity contribution < 1.29 is 9.53 Å². The molecule has 0 aliphatic heterocycles. The summed E-state index contributed by atoms with van der Waals surface area (Å²) in [6.07, 6.45) is 0.256. The Balaban J connectivity index is 2.49. The number of esters is 1. The van der Waals surface area contributed by atoms with E-state index in [1.165, 1.54) is 0 Å². The molecule has 0 aliphatic carbocycles. The van der Waals surface area contributed by atoms with Crippen LogP contribution < -0.4 is 4.90 Å². The Hall–Kier alpha value is -1.14. The first-order chi connectivity index (χ1) is 8.52. The largest absolute Gasteiger partial charge is 0.466 e. The molecular weight excluding hydrogens is 250 g/mol. The van der Waals surface area contributed by atoms with Crippen molar-refractivity contribution in [1.29, 1.82) is 0 Å². The van der Waals surface area contributed by atoms with Gasteiger partial charge in [0, 0.05) is 25.5 Å². The van der Waals surface area contributed by atoms with Crippen molar-refractivity contribution >= 4 is 22.4 Å². The summed E-state index contributed by atoms with van der Waals surface area (Å²) in [6.45, 7) is 4.11. The fraction of sp³-hybridized carbons (Fsp3) is 0.667. The van der Waals surface area contributed by atoms with Crippen LogP contribution in [0.1, 0.15) is 12.6 Å². The van der Waals surface area contributed by atoms with E-state index >= 15 is 0 Å². The topological polar surface area (TPSA) is 45.7 Å². The van der Waals surface area contributed by atoms with Gasteiger partial charge in [-0.3, -0.25) is 4.79 Å². The molecule has 0 aliphatic rings. The van der Waals surface area contributed by atoms with Gasteiger partial charge < -0.3 is 14.5 Å². The minimum absolute atomic E-state index is 0.217. The summed E-state index contributed by atoms with van der Waals surface area (Å²) in [6, 6.07) is 0. The standard InChI is InChI=1S/C12H21N3O2S/c1-5-17-11(16)8-10-9-18-12(13-10)15(4)7-6-14(2)3/h9H,5-8H2,1-4H3. The number of rotatable bonds is 7. The van der Waals surface area contributed by atoms with Gasteiger partial charge in [-0.2, -0.15) is 0 Å². The van der Waals surface area contributed by atoms with Crippen molar-refractivity contribution in [3.8, 4) is 0 Å². The van der Waals surface area contributed by atoms with E-state index in [0.717, 1.165) is 23.9 Å². The lowest BCUT2D eigenvalue weighted by molar-refractivity contribution is -0.142. The molecule has 1 rings (SSSR count). The van der Waals surface area contributed by atoms with Crippen LogP contribution in [0, 0.1) is 0 Å². The molecule has 0 aromatic carbocycles. The SMILES string of the molecule is CCOC(=O)Cc1csc(N(C)CCN(C)C)n1. The lowest BCUT2D eigenvalue weighted by atomic mass is 10.3. The zero-order chi connectivity index (χ0) is 13.5. The van der Waals surface area contributed by atoms with Crippen molar-refractivity contribution in [1.82, 2.24) is 9.88 Å². The Labute approximate surface area is 112 Å². The summed E-state index contributed by atoms with van der Waals surface area (Å²) < 4.78 is 4.90. The number of anilines is 1. The van der Waals surface area contributed by atoms with Gasteiger partial charge in [0.15, 0.2) is 5.13 Å². The normalized spacial score (nSPS) is 10.7. The fourth-order valence-corrected chi connectivity index (χ4v) is 2.18. The van der Waals surface area contributed by atoms with Gasteiger partial charge in [-0.1, -0.05) is 0 Å². The molecule has 0 radical (unpaired) electrons. The quantitative estimate of drug-likeness (QED) is 0.698. The number of thiazole rings is 1. The van der Waals surface area contributed by atoms with Gasteiger partial charge in [0.2, 0.25) is 0 Å². The zero-order valence-electron chi connectivity index (χ0n) is 11.5. The second-order valence-electron chi connectivity index (χ2n) is 4.33. The zero-order valence-corrected chi connectivity index (χ0v) is 12.3. The third-order valence-electron chi connectivity index (χ3n) is 2.38. The van der Waals surface area contributed by atoms with Gasteiger partial charge in [0.1, 0.15) is 0 Å². The third-order valence-corrected chi connectivity index (χ3v) is 3.38. The first kappa shape index (κ1) is 14.9.